The topological polar surface area (TPSA) is 76.1 Å². The monoisotopic (exact) mass is 457 g/mol. The number of amides is 1. The lowest BCUT2D eigenvalue weighted by atomic mass is 9.95. The fraction of sp³-hybridized carbons (Fsp3) is 0.214. The van der Waals surface area contributed by atoms with Crippen LogP contribution >= 0.6 is 0 Å². The zero-order valence-electron chi connectivity index (χ0n) is 19.4. The third kappa shape index (κ3) is 4.39. The Morgan fingerprint density at radius 3 is 2.44 bits per heavy atom. The zero-order valence-corrected chi connectivity index (χ0v) is 19.4. The minimum atomic E-state index is -0.822. The lowest BCUT2D eigenvalue weighted by Crippen LogP contribution is -2.29. The first-order chi connectivity index (χ1) is 16.4. The van der Waals surface area contributed by atoms with E-state index in [2.05, 4.69) is 0 Å². The molecule has 1 saturated heterocycles. The Morgan fingerprint density at radius 1 is 0.971 bits per heavy atom. The smallest absolute Gasteiger partial charge is 0.300 e. The molecule has 0 radical (unpaired) electrons. The van der Waals surface area contributed by atoms with Crippen molar-refractivity contribution in [1.82, 2.24) is 0 Å². The van der Waals surface area contributed by atoms with Gasteiger partial charge in [-0.15, -0.1) is 0 Å². The van der Waals surface area contributed by atoms with Crippen LogP contribution in [0.3, 0.4) is 0 Å². The van der Waals surface area contributed by atoms with Gasteiger partial charge in [-0.25, -0.2) is 0 Å². The van der Waals surface area contributed by atoms with Crippen LogP contribution < -0.4 is 14.4 Å². The van der Waals surface area contributed by atoms with Crippen molar-refractivity contribution in [3.63, 3.8) is 0 Å². The van der Waals surface area contributed by atoms with Gasteiger partial charge in [0.25, 0.3) is 11.7 Å². The van der Waals surface area contributed by atoms with Crippen LogP contribution in [0.1, 0.15) is 36.1 Å². The number of anilines is 1. The maximum Gasteiger partial charge on any atom is 0.300 e. The summed E-state index contributed by atoms with van der Waals surface area (Å²) in [6, 6.07) is 20.6. The highest BCUT2D eigenvalue weighted by Crippen LogP contribution is 2.43. The quantitative estimate of drug-likeness (QED) is 0.291. The third-order valence-corrected chi connectivity index (χ3v) is 5.71. The molecule has 1 atom stereocenters. The van der Waals surface area contributed by atoms with E-state index in [-0.39, 0.29) is 11.3 Å². The first kappa shape index (κ1) is 23.1. The molecule has 6 heteroatoms. The number of Topliss-reactive ketones (excluding diaryl/α,β-unsaturated/α-hetero) is 1. The van der Waals surface area contributed by atoms with Crippen molar-refractivity contribution in [2.75, 3.05) is 18.6 Å². The average molecular weight is 458 g/mol. The number of carbonyl (C=O) groups excluding carboxylic acids is 2. The molecular formula is C28H27NO5. The molecule has 0 aromatic heterocycles. The standard InChI is InChI=1S/C28H27NO5/c1-4-14-34-23-13-7-10-20(17-23)26(30)24-25(19-9-6-12-22(16-19)33-3)29(28(32)27(24)31)21-11-5-8-18(2)15-21/h5-13,15-17,25,30H,4,14H2,1-3H3/b26-24+. The highest BCUT2D eigenvalue weighted by atomic mass is 16.5. The molecular weight excluding hydrogens is 430 g/mol. The van der Waals surface area contributed by atoms with Crippen LogP contribution in [0.2, 0.25) is 0 Å². The number of aliphatic hydroxyl groups excluding tert-OH is 1. The molecule has 3 aromatic carbocycles. The van der Waals surface area contributed by atoms with E-state index in [0.29, 0.717) is 34.9 Å². The van der Waals surface area contributed by atoms with E-state index in [9.17, 15) is 14.7 Å². The summed E-state index contributed by atoms with van der Waals surface area (Å²) in [5, 5.41) is 11.3. The second-order valence-corrected chi connectivity index (χ2v) is 8.16. The van der Waals surface area contributed by atoms with E-state index >= 15 is 0 Å². The average Bonchev–Trinajstić information content (AvgIpc) is 3.12. The van der Waals surface area contributed by atoms with Gasteiger partial charge in [-0.2, -0.15) is 0 Å². The summed E-state index contributed by atoms with van der Waals surface area (Å²) in [4.78, 5) is 28.0. The molecule has 174 valence electrons. The number of benzene rings is 3. The Labute approximate surface area is 199 Å². The lowest BCUT2D eigenvalue weighted by molar-refractivity contribution is -0.132. The Morgan fingerprint density at radius 2 is 1.71 bits per heavy atom. The molecule has 1 N–H and O–H groups in total. The van der Waals surface area contributed by atoms with Crippen molar-refractivity contribution in [2.45, 2.75) is 26.3 Å². The van der Waals surface area contributed by atoms with Crippen LogP contribution in [0.4, 0.5) is 5.69 Å². The van der Waals surface area contributed by atoms with Crippen molar-refractivity contribution in [3.8, 4) is 11.5 Å². The number of hydrogen-bond acceptors (Lipinski definition) is 5. The van der Waals surface area contributed by atoms with E-state index in [4.69, 9.17) is 9.47 Å². The Balaban J connectivity index is 1.91. The zero-order chi connectivity index (χ0) is 24.2. The number of ketones is 1. The van der Waals surface area contributed by atoms with Crippen LogP contribution in [0, 0.1) is 6.92 Å². The summed E-state index contributed by atoms with van der Waals surface area (Å²) in [6.45, 7) is 4.46. The molecule has 1 fully saturated rings. The summed E-state index contributed by atoms with van der Waals surface area (Å²) < 4.78 is 11.1. The molecule has 0 spiro atoms. The van der Waals surface area contributed by atoms with Gasteiger partial charge in [0.2, 0.25) is 0 Å². The number of ether oxygens (including phenoxy) is 2. The van der Waals surface area contributed by atoms with Crippen molar-refractivity contribution in [3.05, 3.63) is 95.1 Å². The van der Waals surface area contributed by atoms with E-state index in [1.807, 2.05) is 38.1 Å². The minimum absolute atomic E-state index is 0.0207. The summed E-state index contributed by atoms with van der Waals surface area (Å²) in [7, 11) is 1.55. The molecule has 6 nitrogen and oxygen atoms in total. The lowest BCUT2D eigenvalue weighted by Gasteiger charge is -2.26. The second-order valence-electron chi connectivity index (χ2n) is 8.16. The molecule has 1 aliphatic heterocycles. The predicted octanol–water partition coefficient (Wildman–Crippen LogP) is 5.42. The maximum atomic E-state index is 13.3. The van der Waals surface area contributed by atoms with Gasteiger partial charge in [0, 0.05) is 11.3 Å². The van der Waals surface area contributed by atoms with Crippen molar-refractivity contribution in [1.29, 1.82) is 0 Å². The number of aliphatic hydroxyl groups is 1. The van der Waals surface area contributed by atoms with Crippen molar-refractivity contribution in [2.24, 2.45) is 0 Å². The molecule has 0 aliphatic carbocycles. The van der Waals surface area contributed by atoms with Gasteiger partial charge < -0.3 is 14.6 Å². The molecule has 4 rings (SSSR count). The number of nitrogens with zero attached hydrogens (tertiary/aromatic N) is 1. The summed E-state index contributed by atoms with van der Waals surface area (Å²) >= 11 is 0. The van der Waals surface area contributed by atoms with Gasteiger partial charge in [-0.05, 0) is 60.9 Å². The normalized spacial score (nSPS) is 17.1. The molecule has 1 unspecified atom stereocenters. The molecule has 34 heavy (non-hydrogen) atoms. The molecule has 1 aliphatic rings. The molecule has 3 aromatic rings. The van der Waals surface area contributed by atoms with E-state index in [0.717, 1.165) is 12.0 Å². The SMILES string of the molecule is CCCOc1cccc(/C(O)=C2\C(=O)C(=O)N(c3cccc(C)c3)C2c2cccc(OC)c2)c1. The molecule has 1 amide bonds. The van der Waals surface area contributed by atoms with Gasteiger partial charge in [-0.3, -0.25) is 14.5 Å². The van der Waals surface area contributed by atoms with E-state index in [1.165, 1.54) is 4.90 Å². The number of carbonyl (C=O) groups is 2. The molecule has 1 heterocycles. The summed E-state index contributed by atoms with van der Waals surface area (Å²) in [5.41, 5.74) is 2.61. The van der Waals surface area contributed by atoms with E-state index in [1.54, 1.807) is 55.6 Å². The Bertz CT molecular complexity index is 1260. The third-order valence-electron chi connectivity index (χ3n) is 5.71. The molecule has 0 bridgehead atoms. The predicted molar refractivity (Wildman–Crippen MR) is 131 cm³/mol. The van der Waals surface area contributed by atoms with Gasteiger partial charge in [0.15, 0.2) is 0 Å². The number of aryl methyl sites for hydroxylation is 1. The first-order valence-corrected chi connectivity index (χ1v) is 11.2. The number of rotatable bonds is 7. The van der Waals surface area contributed by atoms with Crippen LogP contribution in [-0.2, 0) is 9.59 Å². The molecule has 0 saturated carbocycles. The van der Waals surface area contributed by atoms with Crippen LogP contribution in [0.5, 0.6) is 11.5 Å². The minimum Gasteiger partial charge on any atom is -0.507 e. The van der Waals surface area contributed by atoms with Gasteiger partial charge >= 0.3 is 0 Å². The highest BCUT2D eigenvalue weighted by molar-refractivity contribution is 6.51. The summed E-state index contributed by atoms with van der Waals surface area (Å²) in [6.07, 6.45) is 0.841. The fourth-order valence-electron chi connectivity index (χ4n) is 4.11. The Kier molecular flexibility index (Phi) is 6.68. The Hall–Kier alpha value is -4.06. The van der Waals surface area contributed by atoms with Gasteiger partial charge in [0.05, 0.1) is 25.3 Å². The second kappa shape index (κ2) is 9.83. The maximum absolute atomic E-state index is 13.3. The summed E-state index contributed by atoms with van der Waals surface area (Å²) in [5.74, 6) is -0.521. The number of methoxy groups -OCH3 is 1. The van der Waals surface area contributed by atoms with Crippen LogP contribution in [0.25, 0.3) is 5.76 Å². The van der Waals surface area contributed by atoms with Crippen LogP contribution in [0.15, 0.2) is 78.4 Å². The van der Waals surface area contributed by atoms with Gasteiger partial charge in [-0.1, -0.05) is 43.3 Å². The van der Waals surface area contributed by atoms with Gasteiger partial charge in [0.1, 0.15) is 17.3 Å². The van der Waals surface area contributed by atoms with E-state index < -0.39 is 17.7 Å². The van der Waals surface area contributed by atoms with Crippen LogP contribution in [-0.4, -0.2) is 30.5 Å². The largest absolute Gasteiger partial charge is 0.507 e. The fourth-order valence-corrected chi connectivity index (χ4v) is 4.11. The van der Waals surface area contributed by atoms with Crippen molar-refractivity contribution >= 4 is 23.1 Å². The highest BCUT2D eigenvalue weighted by Gasteiger charge is 2.47. The van der Waals surface area contributed by atoms with Crippen molar-refractivity contribution < 1.29 is 24.2 Å². The first-order valence-electron chi connectivity index (χ1n) is 11.2. The number of hydrogen-bond donors (Lipinski definition) is 1.